The molecule has 1 aromatic carbocycles. The van der Waals surface area contributed by atoms with E-state index in [0.717, 1.165) is 31.7 Å². The van der Waals surface area contributed by atoms with Crippen LogP contribution in [0.25, 0.3) is 0 Å². The zero-order valence-corrected chi connectivity index (χ0v) is 18.6. The summed E-state index contributed by atoms with van der Waals surface area (Å²) in [6, 6.07) is 12.9. The molecule has 0 radical (unpaired) electrons. The third-order valence-corrected chi connectivity index (χ3v) is 5.16. The number of anilines is 2. The molecule has 9 heteroatoms. The van der Waals surface area contributed by atoms with Crippen LogP contribution in [-0.4, -0.2) is 64.0 Å². The van der Waals surface area contributed by atoms with Crippen LogP contribution in [0.1, 0.15) is 28.8 Å². The summed E-state index contributed by atoms with van der Waals surface area (Å²) in [6.07, 6.45) is 0.658. The van der Waals surface area contributed by atoms with Crippen molar-refractivity contribution < 1.29 is 9.53 Å². The van der Waals surface area contributed by atoms with Gasteiger partial charge in [0.1, 0.15) is 11.5 Å². The van der Waals surface area contributed by atoms with Crippen LogP contribution in [0.2, 0.25) is 0 Å². The fourth-order valence-electron chi connectivity index (χ4n) is 3.35. The smallest absolute Gasteiger partial charge is 0.328 e. The number of carbonyl (C=O) groups is 1. The molecule has 0 unspecified atom stereocenters. The molecule has 1 amide bonds. The van der Waals surface area contributed by atoms with E-state index in [-0.39, 0.29) is 23.5 Å². The number of ether oxygens (including phenoxy) is 1. The summed E-state index contributed by atoms with van der Waals surface area (Å²) in [5.74, 6) is 1.21. The van der Waals surface area contributed by atoms with Crippen LogP contribution in [0.5, 0.6) is 11.9 Å². The number of pyridine rings is 1. The summed E-state index contributed by atoms with van der Waals surface area (Å²) in [4.78, 5) is 35.0. The maximum atomic E-state index is 12.7. The van der Waals surface area contributed by atoms with Gasteiger partial charge in [0.2, 0.25) is 11.8 Å². The highest BCUT2D eigenvalue weighted by Gasteiger charge is 2.19. The van der Waals surface area contributed by atoms with Crippen LogP contribution < -0.4 is 15.0 Å². The van der Waals surface area contributed by atoms with Gasteiger partial charge in [-0.3, -0.25) is 4.79 Å². The van der Waals surface area contributed by atoms with Gasteiger partial charge in [-0.25, -0.2) is 4.98 Å². The number of hydrogen-bond acceptors (Lipinski definition) is 8. The van der Waals surface area contributed by atoms with Crippen molar-refractivity contribution in [1.82, 2.24) is 24.8 Å². The molecule has 9 nitrogen and oxygen atoms in total. The van der Waals surface area contributed by atoms with Crippen molar-refractivity contribution in [2.45, 2.75) is 20.3 Å². The topological polar surface area (TPSA) is 96.4 Å². The Bertz CT molecular complexity index is 1080. The molecule has 32 heavy (non-hydrogen) atoms. The number of nitrogens with zero attached hydrogens (tertiary/aromatic N) is 6. The fraction of sp³-hybridized carbons (Fsp3) is 0.348. The van der Waals surface area contributed by atoms with Gasteiger partial charge in [0, 0.05) is 44.4 Å². The Kier molecular flexibility index (Phi) is 6.55. The molecular formula is C23H27N7O2. The summed E-state index contributed by atoms with van der Waals surface area (Å²) < 4.78 is 5.90. The van der Waals surface area contributed by atoms with Crippen molar-refractivity contribution >= 4 is 17.5 Å². The molecule has 0 bridgehead atoms. The van der Waals surface area contributed by atoms with Gasteiger partial charge in [-0.2, -0.15) is 15.0 Å². The molecule has 0 atom stereocenters. The maximum Gasteiger partial charge on any atom is 0.328 e. The summed E-state index contributed by atoms with van der Waals surface area (Å²) in [7, 11) is 2.10. The monoisotopic (exact) mass is 433 g/mol. The molecule has 3 heterocycles. The highest BCUT2D eigenvalue weighted by Crippen LogP contribution is 2.21. The van der Waals surface area contributed by atoms with Gasteiger partial charge in [0.05, 0.1) is 0 Å². The zero-order valence-electron chi connectivity index (χ0n) is 18.6. The Balaban J connectivity index is 1.55. The lowest BCUT2D eigenvalue weighted by molar-refractivity contribution is 0.102. The maximum absolute atomic E-state index is 12.7. The Morgan fingerprint density at radius 1 is 1.03 bits per heavy atom. The predicted molar refractivity (Wildman–Crippen MR) is 122 cm³/mol. The number of hydrogen-bond donors (Lipinski definition) is 1. The second-order valence-electron chi connectivity index (χ2n) is 7.77. The number of aryl methyl sites for hydroxylation is 2. The SMILES string of the molecule is CCc1nc(Oc2cc(C)cc(C(=O)Nc3ccccc3)n2)nc(N2CCN(C)CC2)n1. The van der Waals surface area contributed by atoms with Gasteiger partial charge in [0.15, 0.2) is 0 Å². The molecule has 3 aromatic rings. The first-order valence-electron chi connectivity index (χ1n) is 10.7. The second-order valence-corrected chi connectivity index (χ2v) is 7.77. The van der Waals surface area contributed by atoms with Crippen LogP contribution in [0.4, 0.5) is 11.6 Å². The molecule has 1 aliphatic heterocycles. The van der Waals surface area contributed by atoms with E-state index in [0.29, 0.717) is 23.9 Å². The van der Waals surface area contributed by atoms with Crippen molar-refractivity contribution in [2.75, 3.05) is 43.4 Å². The van der Waals surface area contributed by atoms with Crippen molar-refractivity contribution in [3.05, 3.63) is 59.5 Å². The van der Waals surface area contributed by atoms with E-state index in [1.54, 1.807) is 12.1 Å². The van der Waals surface area contributed by atoms with E-state index in [1.165, 1.54) is 0 Å². The molecule has 4 rings (SSSR count). The van der Waals surface area contributed by atoms with E-state index in [1.807, 2.05) is 44.2 Å². The molecule has 0 saturated carbocycles. The first-order chi connectivity index (χ1) is 15.5. The van der Waals surface area contributed by atoms with Crippen LogP contribution in [-0.2, 0) is 6.42 Å². The zero-order chi connectivity index (χ0) is 22.5. The van der Waals surface area contributed by atoms with Gasteiger partial charge in [-0.15, -0.1) is 0 Å². The first kappa shape index (κ1) is 21.6. The van der Waals surface area contributed by atoms with Crippen LogP contribution in [0, 0.1) is 6.92 Å². The van der Waals surface area contributed by atoms with Gasteiger partial charge in [-0.1, -0.05) is 25.1 Å². The molecule has 2 aromatic heterocycles. The Hall–Kier alpha value is -3.59. The molecule has 166 valence electrons. The number of likely N-dealkylation sites (N-methyl/N-ethyl adjacent to an activating group) is 1. The summed E-state index contributed by atoms with van der Waals surface area (Å²) in [6.45, 7) is 7.45. The number of para-hydroxylation sites is 1. The molecule has 1 saturated heterocycles. The van der Waals surface area contributed by atoms with Crippen molar-refractivity contribution in [3.8, 4) is 11.9 Å². The number of aromatic nitrogens is 4. The molecule has 0 aliphatic carbocycles. The van der Waals surface area contributed by atoms with E-state index in [2.05, 4.69) is 42.1 Å². The third kappa shape index (κ3) is 5.36. The molecule has 1 N–H and O–H groups in total. The second kappa shape index (κ2) is 9.69. The molecule has 0 spiro atoms. The minimum absolute atomic E-state index is 0.179. The lowest BCUT2D eigenvalue weighted by Gasteiger charge is -2.32. The molecule has 1 aliphatic rings. The Morgan fingerprint density at radius 2 is 1.78 bits per heavy atom. The highest BCUT2D eigenvalue weighted by atomic mass is 16.5. The first-order valence-corrected chi connectivity index (χ1v) is 10.7. The van der Waals surface area contributed by atoms with E-state index < -0.39 is 0 Å². The summed E-state index contributed by atoms with van der Waals surface area (Å²) >= 11 is 0. The number of nitrogens with one attached hydrogen (secondary N) is 1. The van der Waals surface area contributed by atoms with Crippen molar-refractivity contribution in [2.24, 2.45) is 0 Å². The normalized spacial score (nSPS) is 14.3. The van der Waals surface area contributed by atoms with Crippen LogP contribution in [0.3, 0.4) is 0 Å². The van der Waals surface area contributed by atoms with E-state index >= 15 is 0 Å². The minimum Gasteiger partial charge on any atom is -0.405 e. The van der Waals surface area contributed by atoms with Crippen molar-refractivity contribution in [3.63, 3.8) is 0 Å². The predicted octanol–water partition coefficient (Wildman–Crippen LogP) is 2.93. The van der Waals surface area contributed by atoms with Gasteiger partial charge in [0.25, 0.3) is 5.91 Å². The standard InChI is InChI=1S/C23H27N7O2/c1-4-19-26-22(30-12-10-29(3)11-13-30)28-23(27-19)32-20-15-16(2)14-18(25-20)21(31)24-17-8-6-5-7-9-17/h5-9,14-15H,4,10-13H2,1-3H3,(H,24,31). The fourth-order valence-corrected chi connectivity index (χ4v) is 3.35. The highest BCUT2D eigenvalue weighted by molar-refractivity contribution is 6.03. The lowest BCUT2D eigenvalue weighted by Crippen LogP contribution is -2.45. The average Bonchev–Trinajstić information content (AvgIpc) is 2.79. The van der Waals surface area contributed by atoms with E-state index in [9.17, 15) is 4.79 Å². The number of benzene rings is 1. The van der Waals surface area contributed by atoms with E-state index in [4.69, 9.17) is 4.74 Å². The summed E-state index contributed by atoms with van der Waals surface area (Å²) in [5, 5.41) is 2.84. The Labute approximate surface area is 187 Å². The average molecular weight is 434 g/mol. The lowest BCUT2D eigenvalue weighted by atomic mass is 10.2. The Morgan fingerprint density at radius 3 is 2.50 bits per heavy atom. The number of amides is 1. The van der Waals surface area contributed by atoms with Gasteiger partial charge >= 0.3 is 6.01 Å². The number of carbonyl (C=O) groups excluding carboxylic acids is 1. The quantitative estimate of drug-likeness (QED) is 0.634. The number of rotatable bonds is 6. The molecule has 1 fully saturated rings. The molecular weight excluding hydrogens is 406 g/mol. The minimum atomic E-state index is -0.312. The summed E-state index contributed by atoms with van der Waals surface area (Å²) in [5.41, 5.74) is 1.80. The van der Waals surface area contributed by atoms with Crippen LogP contribution in [0.15, 0.2) is 42.5 Å². The van der Waals surface area contributed by atoms with Crippen LogP contribution >= 0.6 is 0 Å². The largest absolute Gasteiger partial charge is 0.405 e. The van der Waals surface area contributed by atoms with Gasteiger partial charge < -0.3 is 19.9 Å². The third-order valence-electron chi connectivity index (χ3n) is 5.16. The van der Waals surface area contributed by atoms with Gasteiger partial charge in [-0.05, 0) is 37.7 Å². The van der Waals surface area contributed by atoms with Crippen molar-refractivity contribution in [1.29, 1.82) is 0 Å². The number of piperazine rings is 1.